The molecule has 0 aromatic heterocycles. The van der Waals surface area contributed by atoms with Gasteiger partial charge in [-0.25, -0.2) is 0 Å². The van der Waals surface area contributed by atoms with Crippen molar-refractivity contribution in [3.8, 4) is 0 Å². The van der Waals surface area contributed by atoms with Gasteiger partial charge in [0.25, 0.3) is 0 Å². The van der Waals surface area contributed by atoms with Gasteiger partial charge in [0.2, 0.25) is 0 Å². The smallest absolute Gasteiger partial charge is 0.0509 e. The van der Waals surface area contributed by atoms with E-state index in [2.05, 4.69) is 37.3 Å². The maximum atomic E-state index is 5.75. The Labute approximate surface area is 152 Å². The van der Waals surface area contributed by atoms with E-state index in [1.165, 1.54) is 95.2 Å². The molecule has 138 valence electrons. The number of unbranched alkanes of at least 4 members (excludes halogenated alkanes) is 13. The highest BCUT2D eigenvalue weighted by atomic mass is 31.1. The molecule has 1 atom stereocenters. The Balaban J connectivity index is 1.70. The Morgan fingerprint density at radius 2 is 1.08 bits per heavy atom. The first-order valence-electron chi connectivity index (χ1n) is 10.4. The fourth-order valence-corrected chi connectivity index (χ4v) is 3.75. The van der Waals surface area contributed by atoms with Gasteiger partial charge in [-0.1, -0.05) is 121 Å². The van der Waals surface area contributed by atoms with Crippen molar-refractivity contribution in [3.05, 3.63) is 30.3 Å². The summed E-state index contributed by atoms with van der Waals surface area (Å²) < 4.78 is 5.75. The zero-order chi connectivity index (χ0) is 17.1. The predicted molar refractivity (Wildman–Crippen MR) is 111 cm³/mol. The maximum Gasteiger partial charge on any atom is 0.0509 e. The molecule has 0 bridgehead atoms. The van der Waals surface area contributed by atoms with E-state index < -0.39 is 0 Å². The molecule has 0 aliphatic carbocycles. The minimum Gasteiger partial charge on any atom is -0.358 e. The van der Waals surface area contributed by atoms with Gasteiger partial charge >= 0.3 is 0 Å². The minimum atomic E-state index is 0.516. The van der Waals surface area contributed by atoms with Crippen LogP contribution in [-0.2, 0) is 4.52 Å². The number of benzene rings is 1. The molecular formula is C22H39OP. The summed E-state index contributed by atoms with van der Waals surface area (Å²) in [7, 11) is 0.516. The van der Waals surface area contributed by atoms with Gasteiger partial charge in [0.1, 0.15) is 0 Å². The molecule has 24 heavy (non-hydrogen) atoms. The van der Waals surface area contributed by atoms with Crippen LogP contribution in [0.2, 0.25) is 0 Å². The summed E-state index contributed by atoms with van der Waals surface area (Å²) >= 11 is 0. The molecule has 1 aromatic carbocycles. The molecule has 0 heterocycles. The number of hydrogen-bond donors (Lipinski definition) is 0. The Bertz CT molecular complexity index is 352. The van der Waals surface area contributed by atoms with E-state index >= 15 is 0 Å². The second kappa shape index (κ2) is 17.4. The van der Waals surface area contributed by atoms with Crippen LogP contribution >= 0.6 is 8.81 Å². The molecule has 0 N–H and O–H groups in total. The van der Waals surface area contributed by atoms with Crippen LogP contribution in [0.15, 0.2) is 30.3 Å². The third kappa shape index (κ3) is 14.0. The lowest BCUT2D eigenvalue weighted by molar-refractivity contribution is 0.348. The summed E-state index contributed by atoms with van der Waals surface area (Å²) in [6, 6.07) is 10.5. The first-order valence-corrected chi connectivity index (χ1v) is 11.3. The average molecular weight is 351 g/mol. The van der Waals surface area contributed by atoms with Gasteiger partial charge in [-0.2, -0.15) is 0 Å². The molecule has 1 unspecified atom stereocenters. The van der Waals surface area contributed by atoms with Crippen LogP contribution in [-0.4, -0.2) is 6.61 Å². The van der Waals surface area contributed by atoms with E-state index in [1.807, 2.05) is 0 Å². The fourth-order valence-electron chi connectivity index (χ4n) is 3.01. The van der Waals surface area contributed by atoms with Crippen molar-refractivity contribution in [2.24, 2.45) is 0 Å². The third-order valence-corrected chi connectivity index (χ3v) is 5.48. The van der Waals surface area contributed by atoms with E-state index in [9.17, 15) is 0 Å². The highest BCUT2D eigenvalue weighted by Crippen LogP contribution is 2.15. The van der Waals surface area contributed by atoms with Crippen molar-refractivity contribution in [1.82, 2.24) is 0 Å². The highest BCUT2D eigenvalue weighted by Gasteiger charge is 1.95. The Morgan fingerprint density at radius 1 is 0.625 bits per heavy atom. The number of hydrogen-bond acceptors (Lipinski definition) is 1. The fraction of sp³-hybridized carbons (Fsp3) is 0.727. The summed E-state index contributed by atoms with van der Waals surface area (Å²) in [5, 5.41) is 1.31. The molecule has 0 amide bonds. The van der Waals surface area contributed by atoms with Crippen LogP contribution in [0, 0.1) is 0 Å². The van der Waals surface area contributed by atoms with Gasteiger partial charge in [-0.3, -0.25) is 0 Å². The van der Waals surface area contributed by atoms with Gasteiger partial charge in [0.15, 0.2) is 0 Å². The van der Waals surface area contributed by atoms with Crippen LogP contribution in [0.1, 0.15) is 96.8 Å². The molecular weight excluding hydrogens is 311 g/mol. The van der Waals surface area contributed by atoms with E-state index in [4.69, 9.17) is 4.52 Å². The molecule has 0 spiro atoms. The van der Waals surface area contributed by atoms with Crippen LogP contribution < -0.4 is 5.30 Å². The van der Waals surface area contributed by atoms with E-state index in [-0.39, 0.29) is 0 Å². The Morgan fingerprint density at radius 3 is 1.58 bits per heavy atom. The van der Waals surface area contributed by atoms with Crippen molar-refractivity contribution in [2.75, 3.05) is 6.61 Å². The van der Waals surface area contributed by atoms with Gasteiger partial charge in [-0.15, -0.1) is 0 Å². The molecule has 0 saturated heterocycles. The molecule has 1 nitrogen and oxygen atoms in total. The summed E-state index contributed by atoms with van der Waals surface area (Å²) in [6.07, 6.45) is 19.8. The molecule has 2 heteroatoms. The number of rotatable bonds is 17. The lowest BCUT2D eigenvalue weighted by Gasteiger charge is -2.05. The molecule has 0 fully saturated rings. The van der Waals surface area contributed by atoms with Crippen molar-refractivity contribution in [2.45, 2.75) is 96.8 Å². The van der Waals surface area contributed by atoms with Crippen molar-refractivity contribution >= 4 is 14.1 Å². The van der Waals surface area contributed by atoms with E-state index in [1.54, 1.807) is 0 Å². The quantitative estimate of drug-likeness (QED) is 0.210. The van der Waals surface area contributed by atoms with Crippen LogP contribution in [0.5, 0.6) is 0 Å². The second-order valence-corrected chi connectivity index (χ2v) is 7.98. The molecule has 1 aromatic rings. The largest absolute Gasteiger partial charge is 0.358 e. The SMILES string of the molecule is CCCCCCCCCCCCCCCCOPc1ccccc1. The zero-order valence-electron chi connectivity index (χ0n) is 15.9. The van der Waals surface area contributed by atoms with E-state index in [0.29, 0.717) is 8.81 Å². The van der Waals surface area contributed by atoms with E-state index in [0.717, 1.165) is 6.61 Å². The molecule has 1 rings (SSSR count). The van der Waals surface area contributed by atoms with Crippen LogP contribution in [0.3, 0.4) is 0 Å². The first kappa shape index (κ1) is 21.7. The second-order valence-electron chi connectivity index (χ2n) is 6.91. The molecule has 0 aliphatic heterocycles. The summed E-state index contributed by atoms with van der Waals surface area (Å²) in [4.78, 5) is 0. The molecule has 0 saturated carbocycles. The van der Waals surface area contributed by atoms with Crippen LogP contribution in [0.25, 0.3) is 0 Å². The minimum absolute atomic E-state index is 0.516. The maximum absolute atomic E-state index is 5.75. The molecule has 0 radical (unpaired) electrons. The highest BCUT2D eigenvalue weighted by molar-refractivity contribution is 7.41. The molecule has 0 aliphatic rings. The van der Waals surface area contributed by atoms with Gasteiger partial charge in [0, 0.05) is 8.81 Å². The predicted octanol–water partition coefficient (Wildman–Crippen LogP) is 7.40. The average Bonchev–Trinajstić information content (AvgIpc) is 2.62. The summed E-state index contributed by atoms with van der Waals surface area (Å²) in [5.41, 5.74) is 0. The van der Waals surface area contributed by atoms with Gasteiger partial charge in [0.05, 0.1) is 6.61 Å². The van der Waals surface area contributed by atoms with Crippen molar-refractivity contribution < 1.29 is 4.52 Å². The standard InChI is InChI=1S/C22H39OP/c1-2-3-4-5-6-7-8-9-10-11-12-13-14-18-21-23-24-22-19-16-15-17-20-22/h15-17,19-20,24H,2-14,18,21H2,1H3. The lowest BCUT2D eigenvalue weighted by atomic mass is 10.0. The van der Waals surface area contributed by atoms with Crippen molar-refractivity contribution in [3.63, 3.8) is 0 Å². The lowest BCUT2D eigenvalue weighted by Crippen LogP contribution is -1.95. The zero-order valence-corrected chi connectivity index (χ0v) is 16.9. The third-order valence-electron chi connectivity index (χ3n) is 4.56. The topological polar surface area (TPSA) is 9.23 Å². The monoisotopic (exact) mass is 350 g/mol. The van der Waals surface area contributed by atoms with Gasteiger partial charge < -0.3 is 4.52 Å². The summed E-state index contributed by atoms with van der Waals surface area (Å²) in [5.74, 6) is 0. The van der Waals surface area contributed by atoms with Gasteiger partial charge in [-0.05, 0) is 11.7 Å². The first-order chi connectivity index (χ1) is 11.9. The Hall–Kier alpha value is -0.390. The Kier molecular flexibility index (Phi) is 15.7. The van der Waals surface area contributed by atoms with Crippen molar-refractivity contribution in [1.29, 1.82) is 0 Å². The normalized spacial score (nSPS) is 11.5. The summed E-state index contributed by atoms with van der Waals surface area (Å²) in [6.45, 7) is 3.21. The van der Waals surface area contributed by atoms with Crippen LogP contribution in [0.4, 0.5) is 0 Å².